The summed E-state index contributed by atoms with van der Waals surface area (Å²) in [6.45, 7) is 7.62. The van der Waals surface area contributed by atoms with Crippen molar-refractivity contribution in [3.05, 3.63) is 30.3 Å². The largest absolute Gasteiger partial charge is 0.347 e. The van der Waals surface area contributed by atoms with Crippen LogP contribution in [0.15, 0.2) is 35.5 Å². The van der Waals surface area contributed by atoms with E-state index in [9.17, 15) is 9.59 Å². The summed E-state index contributed by atoms with van der Waals surface area (Å²) in [7, 11) is 3.34. The summed E-state index contributed by atoms with van der Waals surface area (Å²) in [6, 6.07) is 10.1. The first-order valence-electron chi connectivity index (χ1n) is 9.33. The van der Waals surface area contributed by atoms with Gasteiger partial charge in [0.1, 0.15) is 5.54 Å². The molecule has 0 aliphatic rings. The molecule has 1 atom stereocenters. The number of rotatable bonds is 8. The van der Waals surface area contributed by atoms with Crippen LogP contribution in [-0.4, -0.2) is 56.9 Å². The molecule has 28 heavy (non-hydrogen) atoms. The topological polar surface area (TPSA) is 80.1 Å². The van der Waals surface area contributed by atoms with E-state index in [0.717, 1.165) is 17.8 Å². The van der Waals surface area contributed by atoms with Crippen molar-refractivity contribution in [2.75, 3.05) is 19.8 Å². The molecule has 2 amide bonds. The van der Waals surface area contributed by atoms with Crippen LogP contribution in [0, 0.1) is 0 Å². The standard InChI is InChI=1S/C20H29N5O2S/c1-7-14(2)25-17(15-11-9-8-10-12-15)22-23-19(25)28-13-16(26)21-20(3,4)18(27)24(5)6/h8-12,14H,7,13H2,1-6H3,(H,21,26). The maximum atomic E-state index is 12.4. The van der Waals surface area contributed by atoms with Gasteiger partial charge in [0.15, 0.2) is 11.0 Å². The quantitative estimate of drug-likeness (QED) is 0.686. The molecule has 1 N–H and O–H groups in total. The molecule has 0 aliphatic carbocycles. The summed E-state index contributed by atoms with van der Waals surface area (Å²) >= 11 is 1.33. The lowest BCUT2D eigenvalue weighted by Crippen LogP contribution is -2.54. The van der Waals surface area contributed by atoms with Gasteiger partial charge in [-0.1, -0.05) is 49.0 Å². The minimum absolute atomic E-state index is 0.153. The first-order chi connectivity index (χ1) is 13.2. The predicted molar refractivity (Wildman–Crippen MR) is 112 cm³/mol. The van der Waals surface area contributed by atoms with E-state index in [1.165, 1.54) is 16.7 Å². The Bertz CT molecular complexity index is 817. The number of aromatic nitrogens is 3. The van der Waals surface area contributed by atoms with Gasteiger partial charge in [-0.05, 0) is 27.2 Å². The van der Waals surface area contributed by atoms with Gasteiger partial charge in [-0.3, -0.25) is 14.2 Å². The number of thioether (sulfide) groups is 1. The van der Waals surface area contributed by atoms with Crippen molar-refractivity contribution in [3.63, 3.8) is 0 Å². The van der Waals surface area contributed by atoms with Crippen LogP contribution in [0.2, 0.25) is 0 Å². The van der Waals surface area contributed by atoms with Crippen LogP contribution in [0.1, 0.15) is 40.2 Å². The van der Waals surface area contributed by atoms with Gasteiger partial charge in [0.2, 0.25) is 11.8 Å². The minimum Gasteiger partial charge on any atom is -0.347 e. The van der Waals surface area contributed by atoms with Gasteiger partial charge in [-0.15, -0.1) is 10.2 Å². The smallest absolute Gasteiger partial charge is 0.247 e. The first kappa shape index (κ1) is 21.9. The Kier molecular flexibility index (Phi) is 7.23. The SMILES string of the molecule is CCC(C)n1c(SCC(=O)NC(C)(C)C(=O)N(C)C)nnc1-c1ccccc1. The number of hydrogen-bond acceptors (Lipinski definition) is 5. The van der Waals surface area contributed by atoms with Crippen molar-refractivity contribution >= 4 is 23.6 Å². The molecule has 0 spiro atoms. The van der Waals surface area contributed by atoms with Crippen molar-refractivity contribution in [2.45, 2.75) is 50.9 Å². The number of amides is 2. The van der Waals surface area contributed by atoms with Crippen molar-refractivity contribution < 1.29 is 9.59 Å². The molecule has 1 aromatic heterocycles. The van der Waals surface area contributed by atoms with E-state index in [1.54, 1.807) is 27.9 Å². The molecule has 0 bridgehead atoms. The fraction of sp³-hybridized carbons (Fsp3) is 0.500. The molecule has 1 unspecified atom stereocenters. The molecule has 152 valence electrons. The third-order valence-corrected chi connectivity index (χ3v) is 5.40. The molecule has 0 saturated carbocycles. The van der Waals surface area contributed by atoms with E-state index in [0.29, 0.717) is 5.16 Å². The zero-order valence-corrected chi connectivity index (χ0v) is 18.2. The Labute approximate surface area is 170 Å². The van der Waals surface area contributed by atoms with Crippen LogP contribution in [0.3, 0.4) is 0 Å². The van der Waals surface area contributed by atoms with Crippen LogP contribution < -0.4 is 5.32 Å². The summed E-state index contributed by atoms with van der Waals surface area (Å²) in [5.41, 5.74) is 0.0325. The summed E-state index contributed by atoms with van der Waals surface area (Å²) in [5.74, 6) is 0.583. The number of carbonyl (C=O) groups excluding carboxylic acids is 2. The second kappa shape index (κ2) is 9.23. The van der Waals surface area contributed by atoms with Crippen LogP contribution in [0.25, 0.3) is 11.4 Å². The number of hydrogen-bond donors (Lipinski definition) is 1. The maximum absolute atomic E-state index is 12.4. The zero-order valence-electron chi connectivity index (χ0n) is 17.4. The van der Waals surface area contributed by atoms with Gasteiger partial charge in [0.05, 0.1) is 5.75 Å². The predicted octanol–water partition coefficient (Wildman–Crippen LogP) is 2.99. The lowest BCUT2D eigenvalue weighted by Gasteiger charge is -2.28. The third-order valence-electron chi connectivity index (χ3n) is 4.45. The summed E-state index contributed by atoms with van der Waals surface area (Å²) in [4.78, 5) is 26.1. The molecular weight excluding hydrogens is 374 g/mol. The van der Waals surface area contributed by atoms with E-state index in [4.69, 9.17) is 0 Å². The number of benzene rings is 1. The van der Waals surface area contributed by atoms with E-state index in [2.05, 4.69) is 33.9 Å². The molecule has 1 aromatic carbocycles. The second-order valence-electron chi connectivity index (χ2n) is 7.46. The fourth-order valence-electron chi connectivity index (χ4n) is 2.87. The molecule has 0 saturated heterocycles. The first-order valence-corrected chi connectivity index (χ1v) is 10.3. The molecule has 0 aliphatic heterocycles. The highest BCUT2D eigenvalue weighted by Gasteiger charge is 2.31. The van der Waals surface area contributed by atoms with Gasteiger partial charge >= 0.3 is 0 Å². The Morgan fingerprint density at radius 1 is 1.21 bits per heavy atom. The molecule has 0 fully saturated rings. The molecule has 7 nitrogen and oxygen atoms in total. The van der Waals surface area contributed by atoms with Gasteiger partial charge < -0.3 is 10.2 Å². The molecule has 2 aromatic rings. The van der Waals surface area contributed by atoms with Crippen molar-refractivity contribution in [1.29, 1.82) is 0 Å². The second-order valence-corrected chi connectivity index (χ2v) is 8.40. The van der Waals surface area contributed by atoms with Crippen LogP contribution in [0.5, 0.6) is 0 Å². The third kappa shape index (κ3) is 5.13. The van der Waals surface area contributed by atoms with Gasteiger partial charge in [0.25, 0.3) is 0 Å². The number of nitrogens with zero attached hydrogens (tertiary/aromatic N) is 4. The van der Waals surface area contributed by atoms with E-state index >= 15 is 0 Å². The lowest BCUT2D eigenvalue weighted by atomic mass is 10.0. The fourth-order valence-corrected chi connectivity index (χ4v) is 3.70. The average Bonchev–Trinajstić information content (AvgIpc) is 3.09. The van der Waals surface area contributed by atoms with Crippen molar-refractivity contribution in [3.8, 4) is 11.4 Å². The zero-order chi connectivity index (χ0) is 20.9. The summed E-state index contributed by atoms with van der Waals surface area (Å²) < 4.78 is 2.07. The normalized spacial score (nSPS) is 12.5. The average molecular weight is 404 g/mol. The highest BCUT2D eigenvalue weighted by atomic mass is 32.2. The lowest BCUT2D eigenvalue weighted by molar-refractivity contribution is -0.137. The Morgan fingerprint density at radius 3 is 2.43 bits per heavy atom. The Hall–Kier alpha value is -2.35. The van der Waals surface area contributed by atoms with E-state index < -0.39 is 5.54 Å². The Balaban J connectivity index is 2.15. The summed E-state index contributed by atoms with van der Waals surface area (Å²) in [5, 5.41) is 12.2. The monoisotopic (exact) mass is 403 g/mol. The van der Waals surface area contributed by atoms with Crippen LogP contribution >= 0.6 is 11.8 Å². The van der Waals surface area contributed by atoms with Gasteiger partial charge in [-0.25, -0.2) is 0 Å². The number of nitrogens with one attached hydrogen (secondary N) is 1. The molecule has 2 rings (SSSR count). The van der Waals surface area contributed by atoms with E-state index in [1.807, 2.05) is 30.3 Å². The van der Waals surface area contributed by atoms with Crippen molar-refractivity contribution in [2.24, 2.45) is 0 Å². The Morgan fingerprint density at radius 2 is 1.86 bits per heavy atom. The van der Waals surface area contributed by atoms with Crippen LogP contribution in [0.4, 0.5) is 0 Å². The molecular formula is C20H29N5O2S. The molecule has 8 heteroatoms. The van der Waals surface area contributed by atoms with E-state index in [-0.39, 0.29) is 23.6 Å². The molecule has 1 heterocycles. The molecule has 0 radical (unpaired) electrons. The minimum atomic E-state index is -0.958. The summed E-state index contributed by atoms with van der Waals surface area (Å²) in [6.07, 6.45) is 0.919. The van der Waals surface area contributed by atoms with Gasteiger partial charge in [-0.2, -0.15) is 0 Å². The maximum Gasteiger partial charge on any atom is 0.247 e. The number of carbonyl (C=O) groups is 2. The number of likely N-dealkylation sites (N-methyl/N-ethyl adjacent to an activating group) is 1. The van der Waals surface area contributed by atoms with Crippen molar-refractivity contribution in [1.82, 2.24) is 25.0 Å². The highest BCUT2D eigenvalue weighted by Crippen LogP contribution is 2.29. The van der Waals surface area contributed by atoms with Gasteiger partial charge in [0, 0.05) is 25.7 Å². The highest BCUT2D eigenvalue weighted by molar-refractivity contribution is 7.99. The van der Waals surface area contributed by atoms with Crippen LogP contribution in [-0.2, 0) is 9.59 Å².